The molecule has 2 N–H and O–H groups in total. The fourth-order valence-corrected chi connectivity index (χ4v) is 4.46. The zero-order valence-electron chi connectivity index (χ0n) is 12.0. The summed E-state index contributed by atoms with van der Waals surface area (Å²) in [5.74, 6) is 2.00. The number of guanidine groups is 1. The highest BCUT2D eigenvalue weighted by molar-refractivity contribution is 14.0. The first kappa shape index (κ1) is 17.1. The Hall–Kier alpha value is -0.220. The van der Waals surface area contributed by atoms with Gasteiger partial charge in [-0.3, -0.25) is 4.99 Å². The molecular weight excluding hydrogens is 417 g/mol. The quantitative estimate of drug-likeness (QED) is 0.444. The third-order valence-corrected chi connectivity index (χ3v) is 5.99. The van der Waals surface area contributed by atoms with Gasteiger partial charge in [0.25, 0.3) is 0 Å². The van der Waals surface area contributed by atoms with Crippen LogP contribution in [0, 0.1) is 0 Å². The minimum atomic E-state index is 0. The number of nitrogens with two attached hydrogens (primary N) is 1. The lowest BCUT2D eigenvalue weighted by Crippen LogP contribution is -2.51. The maximum atomic E-state index is 6.13. The Labute approximate surface area is 151 Å². The average molecular weight is 439 g/mol. The Morgan fingerprint density at radius 2 is 2.19 bits per heavy atom. The van der Waals surface area contributed by atoms with Gasteiger partial charge in [-0.15, -0.1) is 35.3 Å². The smallest absolute Gasteiger partial charge is 0.191 e. The molecule has 1 atom stereocenters. The van der Waals surface area contributed by atoms with Gasteiger partial charge in [-0.05, 0) is 18.6 Å². The van der Waals surface area contributed by atoms with Crippen LogP contribution in [-0.4, -0.2) is 59.6 Å². The van der Waals surface area contributed by atoms with E-state index in [4.69, 9.17) is 5.73 Å². The molecule has 0 bridgehead atoms. The van der Waals surface area contributed by atoms with Crippen molar-refractivity contribution in [1.29, 1.82) is 0 Å². The van der Waals surface area contributed by atoms with Gasteiger partial charge in [0.2, 0.25) is 0 Å². The number of hydrogen-bond acceptors (Lipinski definition) is 5. The van der Waals surface area contributed by atoms with E-state index in [1.807, 2.05) is 23.3 Å². The summed E-state index contributed by atoms with van der Waals surface area (Å²) in [6, 6.07) is 0. The molecule has 21 heavy (non-hydrogen) atoms. The summed E-state index contributed by atoms with van der Waals surface area (Å²) in [6.07, 6.45) is 4.48. The topological polar surface area (TPSA) is 57.8 Å². The van der Waals surface area contributed by atoms with Gasteiger partial charge in [0, 0.05) is 43.0 Å². The van der Waals surface area contributed by atoms with Crippen molar-refractivity contribution in [3.63, 3.8) is 0 Å². The predicted molar refractivity (Wildman–Crippen MR) is 103 cm³/mol. The molecule has 0 aromatic carbocycles. The number of anilines is 1. The summed E-state index contributed by atoms with van der Waals surface area (Å²) in [7, 11) is 0. The van der Waals surface area contributed by atoms with Crippen molar-refractivity contribution in [2.24, 2.45) is 10.7 Å². The van der Waals surface area contributed by atoms with E-state index < -0.39 is 0 Å². The second kappa shape index (κ2) is 8.42. The maximum absolute atomic E-state index is 6.13. The lowest BCUT2D eigenvalue weighted by Gasteiger charge is -2.35. The Kier molecular flexibility index (Phi) is 6.87. The van der Waals surface area contributed by atoms with Crippen LogP contribution in [0.15, 0.2) is 16.6 Å². The molecule has 0 radical (unpaired) electrons. The third-order valence-electron chi connectivity index (χ3n) is 3.77. The molecule has 3 rings (SSSR count). The molecule has 8 heteroatoms. The lowest BCUT2D eigenvalue weighted by molar-refractivity contribution is 0.380. The number of aromatic nitrogens is 1. The summed E-state index contributed by atoms with van der Waals surface area (Å²) in [5.41, 5.74) is 6.13. The second-order valence-electron chi connectivity index (χ2n) is 5.12. The second-order valence-corrected chi connectivity index (χ2v) is 7.40. The van der Waals surface area contributed by atoms with Crippen LogP contribution < -0.4 is 10.6 Å². The van der Waals surface area contributed by atoms with Gasteiger partial charge < -0.3 is 15.5 Å². The molecule has 0 aliphatic carbocycles. The van der Waals surface area contributed by atoms with E-state index in [1.165, 1.54) is 18.6 Å². The zero-order chi connectivity index (χ0) is 13.8. The van der Waals surface area contributed by atoms with Crippen LogP contribution in [-0.2, 0) is 0 Å². The van der Waals surface area contributed by atoms with Crippen LogP contribution >= 0.6 is 47.1 Å². The lowest BCUT2D eigenvalue weighted by atomic mass is 10.2. The van der Waals surface area contributed by atoms with Crippen molar-refractivity contribution in [2.45, 2.75) is 18.1 Å². The predicted octanol–water partition coefficient (Wildman–Crippen LogP) is 2.09. The van der Waals surface area contributed by atoms with Crippen molar-refractivity contribution in [1.82, 2.24) is 9.88 Å². The highest BCUT2D eigenvalue weighted by Crippen LogP contribution is 2.26. The van der Waals surface area contributed by atoms with Crippen LogP contribution in [0.4, 0.5) is 5.13 Å². The van der Waals surface area contributed by atoms with Crippen molar-refractivity contribution in [2.75, 3.05) is 43.4 Å². The van der Waals surface area contributed by atoms with Crippen molar-refractivity contribution in [3.8, 4) is 0 Å². The van der Waals surface area contributed by atoms with Crippen molar-refractivity contribution >= 4 is 58.2 Å². The normalized spacial score (nSPS) is 23.2. The fraction of sp³-hybridized carbons (Fsp3) is 0.692. The first-order chi connectivity index (χ1) is 9.83. The van der Waals surface area contributed by atoms with Gasteiger partial charge in [-0.2, -0.15) is 11.8 Å². The molecule has 3 heterocycles. The van der Waals surface area contributed by atoms with Gasteiger partial charge in [0.05, 0.1) is 6.54 Å². The molecule has 1 aromatic heterocycles. The van der Waals surface area contributed by atoms with Gasteiger partial charge >= 0.3 is 0 Å². The van der Waals surface area contributed by atoms with Crippen LogP contribution in [0.2, 0.25) is 0 Å². The highest BCUT2D eigenvalue weighted by atomic mass is 127. The summed E-state index contributed by atoms with van der Waals surface area (Å²) >= 11 is 3.73. The first-order valence-electron chi connectivity index (χ1n) is 7.14. The first-order valence-corrected chi connectivity index (χ1v) is 9.06. The number of piperazine rings is 1. The summed E-state index contributed by atoms with van der Waals surface area (Å²) in [4.78, 5) is 13.5. The molecule has 2 aliphatic rings. The monoisotopic (exact) mass is 439 g/mol. The number of halogens is 1. The van der Waals surface area contributed by atoms with Gasteiger partial charge in [0.1, 0.15) is 0 Å². The number of thioether (sulfide) groups is 1. The van der Waals surface area contributed by atoms with E-state index in [9.17, 15) is 0 Å². The largest absolute Gasteiger partial charge is 0.370 e. The molecule has 1 unspecified atom stereocenters. The van der Waals surface area contributed by atoms with Crippen molar-refractivity contribution in [3.05, 3.63) is 11.6 Å². The molecule has 118 valence electrons. The highest BCUT2D eigenvalue weighted by Gasteiger charge is 2.20. The van der Waals surface area contributed by atoms with Gasteiger partial charge in [-0.1, -0.05) is 0 Å². The molecule has 0 saturated carbocycles. The van der Waals surface area contributed by atoms with E-state index >= 15 is 0 Å². The minimum Gasteiger partial charge on any atom is -0.370 e. The average Bonchev–Trinajstić information content (AvgIpc) is 3.18. The molecule has 2 fully saturated rings. The van der Waals surface area contributed by atoms with E-state index in [0.717, 1.165) is 43.8 Å². The molecule has 2 aliphatic heterocycles. The Morgan fingerprint density at radius 3 is 2.81 bits per heavy atom. The van der Waals surface area contributed by atoms with E-state index in [2.05, 4.69) is 19.8 Å². The Balaban J connectivity index is 0.00000161. The third kappa shape index (κ3) is 4.62. The van der Waals surface area contributed by atoms with E-state index in [0.29, 0.717) is 5.25 Å². The summed E-state index contributed by atoms with van der Waals surface area (Å²) in [5, 5.41) is 3.82. The minimum absolute atomic E-state index is 0. The number of hydrogen-bond donors (Lipinski definition) is 1. The Morgan fingerprint density at radius 1 is 1.38 bits per heavy atom. The van der Waals surface area contributed by atoms with Crippen LogP contribution in [0.1, 0.15) is 12.8 Å². The molecular formula is C13H22IN5S2. The number of thiazole rings is 1. The fourth-order valence-electron chi connectivity index (χ4n) is 2.58. The SMILES string of the molecule is I.NC(=NCC1CCCS1)N1CCN(c2nccs2)CC1. The number of rotatable bonds is 3. The molecule has 0 spiro atoms. The number of aliphatic imine (C=N–C) groups is 1. The molecule has 0 amide bonds. The Bertz CT molecular complexity index is 439. The summed E-state index contributed by atoms with van der Waals surface area (Å²) < 4.78 is 0. The van der Waals surface area contributed by atoms with E-state index in [-0.39, 0.29) is 24.0 Å². The molecule has 1 aromatic rings. The molecule has 5 nitrogen and oxygen atoms in total. The standard InChI is InChI=1S/C13H21N5S2.HI/c14-12(16-10-11-2-1-8-19-11)17-4-6-18(7-5-17)13-15-3-9-20-13;/h3,9,11H,1-2,4-8,10H2,(H2,14,16);1H. The van der Waals surface area contributed by atoms with Crippen molar-refractivity contribution < 1.29 is 0 Å². The maximum Gasteiger partial charge on any atom is 0.191 e. The summed E-state index contributed by atoms with van der Waals surface area (Å²) in [6.45, 7) is 4.70. The zero-order valence-corrected chi connectivity index (χ0v) is 15.9. The van der Waals surface area contributed by atoms with E-state index in [1.54, 1.807) is 11.3 Å². The molecule has 2 saturated heterocycles. The van der Waals surface area contributed by atoms with Crippen LogP contribution in [0.3, 0.4) is 0 Å². The van der Waals surface area contributed by atoms with Gasteiger partial charge in [-0.25, -0.2) is 4.98 Å². The van der Waals surface area contributed by atoms with Crippen LogP contribution in [0.25, 0.3) is 0 Å². The van der Waals surface area contributed by atoms with Crippen LogP contribution in [0.5, 0.6) is 0 Å². The number of nitrogens with zero attached hydrogens (tertiary/aromatic N) is 4. The van der Waals surface area contributed by atoms with Gasteiger partial charge in [0.15, 0.2) is 11.1 Å².